The maximum Gasteiger partial charge on any atom is 0.171 e. The number of rotatable bonds is 4. The summed E-state index contributed by atoms with van der Waals surface area (Å²) in [4.78, 5) is 11.2. The average molecular weight is 212 g/mol. The van der Waals surface area contributed by atoms with E-state index in [4.69, 9.17) is 9.47 Å². The van der Waals surface area contributed by atoms with Gasteiger partial charge in [0, 0.05) is 12.7 Å². The second-order valence-electron chi connectivity index (χ2n) is 3.11. The Morgan fingerprint density at radius 2 is 2.07 bits per heavy atom. The molecule has 0 atom stereocenters. The first-order chi connectivity index (χ1) is 7.11. The Hall–Kier alpha value is -1.42. The van der Waals surface area contributed by atoms with Gasteiger partial charge < -0.3 is 9.47 Å². The third-order valence-electron chi connectivity index (χ3n) is 2.06. The summed E-state index contributed by atoms with van der Waals surface area (Å²) in [5.74, 6) is -0.779. The van der Waals surface area contributed by atoms with Crippen molar-refractivity contribution in [2.45, 2.75) is 13.5 Å². The van der Waals surface area contributed by atoms with E-state index in [9.17, 15) is 9.18 Å². The Kier molecular flexibility index (Phi) is 3.80. The number of benzene rings is 1. The highest BCUT2D eigenvalue weighted by molar-refractivity contribution is 5.97. The molecule has 15 heavy (non-hydrogen) atoms. The number of ketones is 1. The first kappa shape index (κ1) is 11.7. The summed E-state index contributed by atoms with van der Waals surface area (Å²) in [6, 6.07) is 3.07. The highest BCUT2D eigenvalue weighted by Crippen LogP contribution is 2.26. The minimum atomic E-state index is -0.535. The largest absolute Gasteiger partial charge is 0.493 e. The van der Waals surface area contributed by atoms with Crippen LogP contribution in [0, 0.1) is 5.82 Å². The summed E-state index contributed by atoms with van der Waals surface area (Å²) < 4.78 is 23.4. The molecule has 0 aliphatic heterocycles. The highest BCUT2D eigenvalue weighted by Gasteiger charge is 2.16. The summed E-state index contributed by atoms with van der Waals surface area (Å²) >= 11 is 0. The van der Waals surface area contributed by atoms with Crippen molar-refractivity contribution in [3.8, 4) is 5.75 Å². The number of ether oxygens (including phenoxy) is 2. The van der Waals surface area contributed by atoms with E-state index in [0.717, 1.165) is 0 Å². The fraction of sp³-hybridized carbons (Fsp3) is 0.364. The second-order valence-corrected chi connectivity index (χ2v) is 3.11. The van der Waals surface area contributed by atoms with Crippen LogP contribution in [0.4, 0.5) is 4.39 Å². The monoisotopic (exact) mass is 212 g/mol. The summed E-state index contributed by atoms with van der Waals surface area (Å²) in [7, 11) is 2.81. The predicted molar refractivity (Wildman–Crippen MR) is 53.7 cm³/mol. The standard InChI is InChI=1S/C11H13FO3/c1-7(13)9-5-4-8(6-14-2)10(12)11(9)15-3/h4-5H,6H2,1-3H3. The lowest BCUT2D eigenvalue weighted by molar-refractivity contribution is 0.101. The van der Waals surface area contributed by atoms with Crippen LogP contribution >= 0.6 is 0 Å². The average Bonchev–Trinajstić information content (AvgIpc) is 2.20. The SMILES string of the molecule is COCc1ccc(C(C)=O)c(OC)c1F. The Balaban J connectivity index is 3.26. The number of methoxy groups -OCH3 is 2. The number of hydrogen-bond donors (Lipinski definition) is 0. The van der Waals surface area contributed by atoms with Crippen LogP contribution < -0.4 is 4.74 Å². The van der Waals surface area contributed by atoms with Gasteiger partial charge in [-0.1, -0.05) is 6.07 Å². The molecule has 82 valence electrons. The van der Waals surface area contributed by atoms with Crippen LogP contribution in [0.15, 0.2) is 12.1 Å². The maximum atomic E-state index is 13.7. The lowest BCUT2D eigenvalue weighted by atomic mass is 10.1. The number of carbonyl (C=O) groups is 1. The van der Waals surface area contributed by atoms with Crippen LogP contribution in [0.1, 0.15) is 22.8 Å². The molecule has 0 unspecified atom stereocenters. The molecule has 0 N–H and O–H groups in total. The van der Waals surface area contributed by atoms with Gasteiger partial charge in [0.2, 0.25) is 0 Å². The molecule has 0 saturated heterocycles. The zero-order valence-corrected chi connectivity index (χ0v) is 8.96. The molecular formula is C11H13FO3. The third-order valence-corrected chi connectivity index (χ3v) is 2.06. The summed E-state index contributed by atoms with van der Waals surface area (Å²) in [6.07, 6.45) is 0. The van der Waals surface area contributed by atoms with Crippen molar-refractivity contribution >= 4 is 5.78 Å². The van der Waals surface area contributed by atoms with Crippen molar-refractivity contribution in [3.63, 3.8) is 0 Å². The molecule has 0 bridgehead atoms. The highest BCUT2D eigenvalue weighted by atomic mass is 19.1. The van der Waals surface area contributed by atoms with E-state index >= 15 is 0 Å². The van der Waals surface area contributed by atoms with E-state index in [1.807, 2.05) is 0 Å². The number of carbonyl (C=O) groups excluding carboxylic acids is 1. The van der Waals surface area contributed by atoms with Crippen LogP contribution in [0.3, 0.4) is 0 Å². The van der Waals surface area contributed by atoms with Gasteiger partial charge in [0.1, 0.15) is 0 Å². The molecule has 4 heteroatoms. The van der Waals surface area contributed by atoms with Crippen LogP contribution in [-0.4, -0.2) is 20.0 Å². The maximum absolute atomic E-state index is 13.7. The predicted octanol–water partition coefficient (Wildman–Crippen LogP) is 2.18. The molecule has 0 amide bonds. The smallest absolute Gasteiger partial charge is 0.171 e. The molecule has 0 heterocycles. The molecular weight excluding hydrogens is 199 g/mol. The van der Waals surface area contributed by atoms with Crippen molar-refractivity contribution in [3.05, 3.63) is 29.1 Å². The van der Waals surface area contributed by atoms with Crippen LogP contribution in [0.2, 0.25) is 0 Å². The van der Waals surface area contributed by atoms with Crippen molar-refractivity contribution in [1.82, 2.24) is 0 Å². The molecule has 0 saturated carbocycles. The first-order valence-electron chi connectivity index (χ1n) is 4.47. The van der Waals surface area contributed by atoms with Gasteiger partial charge in [0.15, 0.2) is 17.3 Å². The lowest BCUT2D eigenvalue weighted by Crippen LogP contribution is -2.03. The topological polar surface area (TPSA) is 35.5 Å². The Morgan fingerprint density at radius 1 is 1.40 bits per heavy atom. The normalized spacial score (nSPS) is 10.1. The molecule has 1 aromatic carbocycles. The minimum absolute atomic E-state index is 0.0166. The van der Waals surface area contributed by atoms with E-state index in [1.165, 1.54) is 27.2 Å². The Morgan fingerprint density at radius 3 is 2.53 bits per heavy atom. The van der Waals surface area contributed by atoms with E-state index in [0.29, 0.717) is 5.56 Å². The third kappa shape index (κ3) is 2.33. The fourth-order valence-corrected chi connectivity index (χ4v) is 1.34. The van der Waals surface area contributed by atoms with Gasteiger partial charge in [-0.2, -0.15) is 0 Å². The van der Waals surface area contributed by atoms with Crippen molar-refractivity contribution < 1.29 is 18.7 Å². The molecule has 0 aromatic heterocycles. The molecule has 0 radical (unpaired) electrons. The Bertz CT molecular complexity index is 374. The quantitative estimate of drug-likeness (QED) is 0.717. The van der Waals surface area contributed by atoms with Gasteiger partial charge in [0.25, 0.3) is 0 Å². The van der Waals surface area contributed by atoms with Crippen molar-refractivity contribution in [1.29, 1.82) is 0 Å². The van der Waals surface area contributed by atoms with E-state index in [1.54, 1.807) is 6.07 Å². The van der Waals surface area contributed by atoms with Crippen LogP contribution in [-0.2, 0) is 11.3 Å². The molecule has 0 aliphatic rings. The molecule has 0 spiro atoms. The fourth-order valence-electron chi connectivity index (χ4n) is 1.34. The summed E-state index contributed by atoms with van der Waals surface area (Å²) in [5, 5.41) is 0. The van der Waals surface area contributed by atoms with Gasteiger partial charge >= 0.3 is 0 Å². The first-order valence-corrected chi connectivity index (χ1v) is 4.47. The van der Waals surface area contributed by atoms with Crippen LogP contribution in [0.25, 0.3) is 0 Å². The van der Waals surface area contributed by atoms with Gasteiger partial charge in [-0.15, -0.1) is 0 Å². The van der Waals surface area contributed by atoms with Crippen LogP contribution in [0.5, 0.6) is 5.75 Å². The Labute approximate surface area is 87.8 Å². The summed E-state index contributed by atoms with van der Waals surface area (Å²) in [6.45, 7) is 1.52. The van der Waals surface area contributed by atoms with Crippen molar-refractivity contribution in [2.75, 3.05) is 14.2 Å². The minimum Gasteiger partial charge on any atom is -0.493 e. The van der Waals surface area contributed by atoms with Gasteiger partial charge in [0.05, 0.1) is 19.3 Å². The molecule has 3 nitrogen and oxygen atoms in total. The van der Waals surface area contributed by atoms with Gasteiger partial charge in [-0.05, 0) is 13.0 Å². The number of hydrogen-bond acceptors (Lipinski definition) is 3. The zero-order chi connectivity index (χ0) is 11.4. The lowest BCUT2D eigenvalue weighted by Gasteiger charge is -2.10. The molecule has 0 fully saturated rings. The molecule has 1 aromatic rings. The molecule has 1 rings (SSSR count). The van der Waals surface area contributed by atoms with Gasteiger partial charge in [-0.25, -0.2) is 4.39 Å². The van der Waals surface area contributed by atoms with E-state index < -0.39 is 5.82 Å². The molecule has 0 aliphatic carbocycles. The zero-order valence-electron chi connectivity index (χ0n) is 8.96. The van der Waals surface area contributed by atoms with E-state index in [2.05, 4.69) is 0 Å². The number of Topliss-reactive ketones (excluding diaryl/α,β-unsaturated/α-hetero) is 1. The van der Waals surface area contributed by atoms with Gasteiger partial charge in [-0.3, -0.25) is 4.79 Å². The van der Waals surface area contributed by atoms with E-state index in [-0.39, 0.29) is 23.7 Å². The van der Waals surface area contributed by atoms with Crippen molar-refractivity contribution in [2.24, 2.45) is 0 Å². The summed E-state index contributed by atoms with van der Waals surface area (Å²) in [5.41, 5.74) is 0.620. The second kappa shape index (κ2) is 4.89. The number of halogens is 1.